The number of thiophene rings is 1. The molecule has 0 bridgehead atoms. The maximum absolute atomic E-state index is 12.9. The minimum atomic E-state index is -0.806. The lowest BCUT2D eigenvalue weighted by Gasteiger charge is -2.26. The highest BCUT2D eigenvalue weighted by Crippen LogP contribution is 2.20. The molecule has 156 valence electrons. The van der Waals surface area contributed by atoms with Gasteiger partial charge in [-0.3, -0.25) is 14.9 Å². The van der Waals surface area contributed by atoms with Crippen LogP contribution in [0.25, 0.3) is 0 Å². The summed E-state index contributed by atoms with van der Waals surface area (Å²) in [5.74, 6) is -0.107. The van der Waals surface area contributed by atoms with E-state index in [9.17, 15) is 20.0 Å². The monoisotopic (exact) mass is 425 g/mol. The quantitative estimate of drug-likeness (QED) is 0.402. The van der Waals surface area contributed by atoms with Gasteiger partial charge >= 0.3 is 0 Å². The highest BCUT2D eigenvalue weighted by atomic mass is 32.1. The maximum Gasteiger partial charge on any atom is 0.269 e. The number of anilines is 1. The van der Waals surface area contributed by atoms with Crippen LogP contribution in [-0.2, 0) is 17.6 Å². The van der Waals surface area contributed by atoms with Gasteiger partial charge in [0.15, 0.2) is 0 Å². The van der Waals surface area contributed by atoms with Crippen molar-refractivity contribution in [3.05, 3.63) is 92.8 Å². The third kappa shape index (κ3) is 5.88. The van der Waals surface area contributed by atoms with Crippen molar-refractivity contribution in [2.45, 2.75) is 18.9 Å². The first-order valence-electron chi connectivity index (χ1n) is 9.49. The second-order valence-corrected chi connectivity index (χ2v) is 7.92. The van der Waals surface area contributed by atoms with Crippen LogP contribution in [0.2, 0.25) is 0 Å². The van der Waals surface area contributed by atoms with Gasteiger partial charge in [-0.2, -0.15) is 0 Å². The van der Waals surface area contributed by atoms with Crippen molar-refractivity contribution in [3.8, 4) is 0 Å². The van der Waals surface area contributed by atoms with Crippen LogP contribution in [0.5, 0.6) is 0 Å². The number of rotatable bonds is 9. The normalized spacial score (nSPS) is 11.8. The van der Waals surface area contributed by atoms with E-state index in [4.69, 9.17) is 5.73 Å². The van der Waals surface area contributed by atoms with Crippen LogP contribution in [0.1, 0.15) is 22.8 Å². The molecule has 0 aliphatic rings. The molecule has 0 spiro atoms. The summed E-state index contributed by atoms with van der Waals surface area (Å²) >= 11 is 1.39. The van der Waals surface area contributed by atoms with Crippen LogP contribution in [0.3, 0.4) is 0 Å². The number of non-ortho nitro benzene ring substituents is 1. The number of carbonyl (C=O) groups excluding carboxylic acids is 1. The van der Waals surface area contributed by atoms with Gasteiger partial charge in [0, 0.05) is 18.7 Å². The SMILES string of the molecule is Nc1cc(CC(=O)N(CCc2ccc([N+](=O)[O-])cc2)C[C@H](O)c2ccccc2)cs1. The summed E-state index contributed by atoms with van der Waals surface area (Å²) in [5.41, 5.74) is 8.26. The molecule has 0 saturated carbocycles. The molecule has 0 saturated heterocycles. The van der Waals surface area contributed by atoms with Gasteiger partial charge in [-0.1, -0.05) is 42.5 Å². The minimum absolute atomic E-state index is 0.0289. The molecule has 3 N–H and O–H groups in total. The zero-order valence-electron chi connectivity index (χ0n) is 16.3. The van der Waals surface area contributed by atoms with Gasteiger partial charge in [-0.15, -0.1) is 11.3 Å². The molecular formula is C22H23N3O4S. The van der Waals surface area contributed by atoms with E-state index in [0.717, 1.165) is 16.7 Å². The van der Waals surface area contributed by atoms with E-state index in [1.54, 1.807) is 23.1 Å². The molecule has 1 amide bonds. The van der Waals surface area contributed by atoms with Crippen molar-refractivity contribution in [3.63, 3.8) is 0 Å². The van der Waals surface area contributed by atoms with Crippen LogP contribution >= 0.6 is 11.3 Å². The number of nitrogens with two attached hydrogens (primary N) is 1. The van der Waals surface area contributed by atoms with E-state index >= 15 is 0 Å². The molecule has 2 aromatic carbocycles. The first kappa shape index (κ1) is 21.5. The lowest BCUT2D eigenvalue weighted by atomic mass is 10.1. The highest BCUT2D eigenvalue weighted by molar-refractivity contribution is 7.14. The van der Waals surface area contributed by atoms with Gasteiger partial charge in [0.1, 0.15) is 0 Å². The Morgan fingerprint density at radius 2 is 1.83 bits per heavy atom. The number of carbonyl (C=O) groups is 1. The van der Waals surface area contributed by atoms with Crippen LogP contribution in [0, 0.1) is 10.1 Å². The number of aliphatic hydroxyl groups excluding tert-OH is 1. The number of nitrogen functional groups attached to an aromatic ring is 1. The first-order chi connectivity index (χ1) is 14.4. The summed E-state index contributed by atoms with van der Waals surface area (Å²) in [5, 5.41) is 23.9. The number of aliphatic hydroxyl groups is 1. The maximum atomic E-state index is 12.9. The Kier molecular flexibility index (Phi) is 7.16. The Morgan fingerprint density at radius 1 is 1.13 bits per heavy atom. The van der Waals surface area contributed by atoms with Crippen molar-refractivity contribution < 1.29 is 14.8 Å². The molecule has 0 fully saturated rings. The fourth-order valence-corrected chi connectivity index (χ4v) is 3.79. The fourth-order valence-electron chi connectivity index (χ4n) is 3.13. The number of nitro groups is 1. The van der Waals surface area contributed by atoms with E-state index < -0.39 is 11.0 Å². The van der Waals surface area contributed by atoms with E-state index in [-0.39, 0.29) is 24.6 Å². The molecule has 0 radical (unpaired) electrons. The first-order valence-corrected chi connectivity index (χ1v) is 10.4. The fraction of sp³-hybridized carbons (Fsp3) is 0.227. The molecule has 1 atom stereocenters. The van der Waals surface area contributed by atoms with Crippen LogP contribution in [-0.4, -0.2) is 33.9 Å². The molecule has 0 aliphatic carbocycles. The Morgan fingerprint density at radius 3 is 2.43 bits per heavy atom. The summed E-state index contributed by atoms with van der Waals surface area (Å²) in [6, 6.07) is 17.3. The molecule has 1 heterocycles. The van der Waals surface area contributed by atoms with Crippen molar-refractivity contribution in [1.29, 1.82) is 0 Å². The predicted octanol–water partition coefficient (Wildman–Crippen LogP) is 3.59. The topological polar surface area (TPSA) is 110 Å². The lowest BCUT2D eigenvalue weighted by molar-refractivity contribution is -0.384. The Hall–Kier alpha value is -3.23. The molecular weight excluding hydrogens is 402 g/mol. The molecule has 8 heteroatoms. The van der Waals surface area contributed by atoms with E-state index in [2.05, 4.69) is 0 Å². The average Bonchev–Trinajstić information content (AvgIpc) is 3.16. The largest absolute Gasteiger partial charge is 0.391 e. The standard InChI is InChI=1S/C22H23N3O4S/c23-21-12-17(15-30-21)13-22(27)24(14-20(26)18-4-2-1-3-5-18)11-10-16-6-8-19(9-7-16)25(28)29/h1-9,12,15,20,26H,10-11,13-14,23H2/t20-/m0/s1. The Balaban J connectivity index is 1.70. The van der Waals surface area contributed by atoms with E-state index in [0.29, 0.717) is 18.0 Å². The van der Waals surface area contributed by atoms with E-state index in [1.165, 1.54) is 23.5 Å². The summed E-state index contributed by atoms with van der Waals surface area (Å²) in [4.78, 5) is 24.9. The highest BCUT2D eigenvalue weighted by Gasteiger charge is 2.19. The van der Waals surface area contributed by atoms with Crippen LogP contribution < -0.4 is 5.73 Å². The zero-order valence-corrected chi connectivity index (χ0v) is 17.1. The van der Waals surface area contributed by atoms with Crippen molar-refractivity contribution >= 4 is 27.9 Å². The van der Waals surface area contributed by atoms with Gasteiger partial charge in [0.25, 0.3) is 5.69 Å². The number of benzene rings is 2. The van der Waals surface area contributed by atoms with Gasteiger partial charge in [0.05, 0.1) is 29.0 Å². The molecule has 3 rings (SSSR count). The third-order valence-corrected chi connectivity index (χ3v) is 5.59. The number of nitro benzene ring substituents is 1. The van der Waals surface area contributed by atoms with Gasteiger partial charge in [-0.25, -0.2) is 0 Å². The molecule has 0 unspecified atom stereocenters. The lowest BCUT2D eigenvalue weighted by Crippen LogP contribution is -2.37. The van der Waals surface area contributed by atoms with E-state index in [1.807, 2.05) is 35.7 Å². The second kappa shape index (κ2) is 10.00. The van der Waals surface area contributed by atoms with Crippen LogP contribution in [0.15, 0.2) is 66.0 Å². The van der Waals surface area contributed by atoms with Crippen molar-refractivity contribution in [2.24, 2.45) is 0 Å². The number of nitrogens with zero attached hydrogens (tertiary/aromatic N) is 2. The minimum Gasteiger partial charge on any atom is -0.391 e. The van der Waals surface area contributed by atoms with Crippen LogP contribution in [0.4, 0.5) is 10.7 Å². The molecule has 1 aromatic heterocycles. The Labute approximate surface area is 178 Å². The summed E-state index contributed by atoms with van der Waals surface area (Å²) < 4.78 is 0. The average molecular weight is 426 g/mol. The molecule has 30 heavy (non-hydrogen) atoms. The van der Waals surface area contributed by atoms with Crippen molar-refractivity contribution in [1.82, 2.24) is 4.90 Å². The molecule has 3 aromatic rings. The predicted molar refractivity (Wildman–Crippen MR) is 117 cm³/mol. The number of hydrogen-bond acceptors (Lipinski definition) is 6. The number of amides is 1. The van der Waals surface area contributed by atoms with Gasteiger partial charge < -0.3 is 15.7 Å². The second-order valence-electron chi connectivity index (χ2n) is 6.97. The summed E-state index contributed by atoms with van der Waals surface area (Å²) in [7, 11) is 0. The Bertz CT molecular complexity index is 989. The van der Waals surface area contributed by atoms with Gasteiger partial charge in [-0.05, 0) is 34.6 Å². The van der Waals surface area contributed by atoms with Crippen molar-refractivity contribution in [2.75, 3.05) is 18.8 Å². The third-order valence-electron chi connectivity index (χ3n) is 4.78. The summed E-state index contributed by atoms with van der Waals surface area (Å²) in [6.07, 6.45) is -0.0773. The van der Waals surface area contributed by atoms with Gasteiger partial charge in [0.2, 0.25) is 5.91 Å². The zero-order chi connectivity index (χ0) is 21.5. The molecule has 0 aliphatic heterocycles. The molecule has 7 nitrogen and oxygen atoms in total. The summed E-state index contributed by atoms with van der Waals surface area (Å²) in [6.45, 7) is 0.551. The number of hydrogen-bond donors (Lipinski definition) is 2. The smallest absolute Gasteiger partial charge is 0.269 e.